The number of halogens is 2. The van der Waals surface area contributed by atoms with E-state index in [0.29, 0.717) is 21.6 Å². The molecule has 0 unspecified atom stereocenters. The Morgan fingerprint density at radius 1 is 1.39 bits per heavy atom. The van der Waals surface area contributed by atoms with Crippen molar-refractivity contribution in [3.05, 3.63) is 40.5 Å². The zero-order chi connectivity index (χ0) is 13.1. The summed E-state index contributed by atoms with van der Waals surface area (Å²) in [7, 11) is 0. The van der Waals surface area contributed by atoms with Gasteiger partial charge in [0.25, 0.3) is 0 Å². The summed E-state index contributed by atoms with van der Waals surface area (Å²) in [5.41, 5.74) is 5.95. The average molecular weight is 285 g/mol. The van der Waals surface area contributed by atoms with Crippen LogP contribution in [-0.4, -0.2) is 15.7 Å². The summed E-state index contributed by atoms with van der Waals surface area (Å²) in [6.07, 6.45) is 1.62. The lowest BCUT2D eigenvalue weighted by molar-refractivity contribution is -0.116. The van der Waals surface area contributed by atoms with Gasteiger partial charge in [-0.15, -0.1) is 0 Å². The second kappa shape index (κ2) is 5.29. The van der Waals surface area contributed by atoms with Crippen LogP contribution in [0.5, 0.6) is 0 Å². The van der Waals surface area contributed by atoms with Crippen molar-refractivity contribution >= 4 is 40.6 Å². The van der Waals surface area contributed by atoms with E-state index in [1.807, 2.05) is 0 Å². The lowest BCUT2D eigenvalue weighted by Gasteiger charge is -2.07. The fourth-order valence-corrected chi connectivity index (χ4v) is 1.85. The van der Waals surface area contributed by atoms with Crippen LogP contribution in [0.1, 0.15) is 0 Å². The van der Waals surface area contributed by atoms with Crippen LogP contribution in [0.4, 0.5) is 11.5 Å². The van der Waals surface area contributed by atoms with Gasteiger partial charge in [-0.1, -0.05) is 23.2 Å². The van der Waals surface area contributed by atoms with E-state index in [0.717, 1.165) is 0 Å². The second-order valence-electron chi connectivity index (χ2n) is 3.61. The highest BCUT2D eigenvalue weighted by Crippen LogP contribution is 2.25. The molecule has 0 fully saturated rings. The van der Waals surface area contributed by atoms with Crippen LogP contribution >= 0.6 is 23.2 Å². The summed E-state index contributed by atoms with van der Waals surface area (Å²) in [6, 6.07) is 6.46. The smallest absolute Gasteiger partial charge is 0.246 e. The number of hydrogen-bond acceptors (Lipinski definition) is 3. The van der Waals surface area contributed by atoms with Crippen LogP contribution in [0.25, 0.3) is 0 Å². The maximum Gasteiger partial charge on any atom is 0.246 e. The highest BCUT2D eigenvalue weighted by Gasteiger charge is 2.07. The molecule has 0 spiro atoms. The number of nitrogens with one attached hydrogen (secondary N) is 1. The number of aromatic nitrogens is 2. The first kappa shape index (κ1) is 12.7. The SMILES string of the molecule is Nc1ccn(CC(=O)Nc2ccc(Cl)cc2Cl)n1. The summed E-state index contributed by atoms with van der Waals surface area (Å²) in [6.45, 7) is 0.0656. The van der Waals surface area contributed by atoms with Crippen LogP contribution in [-0.2, 0) is 11.3 Å². The standard InChI is InChI=1S/C11H10Cl2N4O/c12-7-1-2-9(8(13)5-7)15-11(18)6-17-4-3-10(14)16-17/h1-5H,6H2,(H2,14,16)(H,15,18). The first-order valence-electron chi connectivity index (χ1n) is 5.08. The molecule has 1 aromatic carbocycles. The summed E-state index contributed by atoms with van der Waals surface area (Å²) in [4.78, 5) is 11.7. The summed E-state index contributed by atoms with van der Waals surface area (Å²) in [5, 5.41) is 7.47. The topological polar surface area (TPSA) is 72.9 Å². The third kappa shape index (κ3) is 3.15. The van der Waals surface area contributed by atoms with Crippen molar-refractivity contribution in [1.82, 2.24) is 9.78 Å². The number of hydrogen-bond donors (Lipinski definition) is 2. The molecule has 0 aliphatic carbocycles. The molecule has 0 bridgehead atoms. The lowest BCUT2D eigenvalue weighted by Crippen LogP contribution is -2.19. The average Bonchev–Trinajstić information content (AvgIpc) is 2.68. The Labute approximate surface area is 113 Å². The normalized spacial score (nSPS) is 10.3. The quantitative estimate of drug-likeness (QED) is 0.909. The maximum atomic E-state index is 11.7. The monoisotopic (exact) mass is 284 g/mol. The molecule has 3 N–H and O–H groups in total. The zero-order valence-electron chi connectivity index (χ0n) is 9.23. The molecule has 18 heavy (non-hydrogen) atoms. The third-order valence-electron chi connectivity index (χ3n) is 2.17. The van der Waals surface area contributed by atoms with Gasteiger partial charge in [0.1, 0.15) is 12.4 Å². The molecule has 2 rings (SSSR count). The number of nitrogens with two attached hydrogens (primary N) is 1. The molecule has 0 aliphatic heterocycles. The number of rotatable bonds is 3. The van der Waals surface area contributed by atoms with Gasteiger partial charge in [-0.25, -0.2) is 0 Å². The highest BCUT2D eigenvalue weighted by atomic mass is 35.5. The highest BCUT2D eigenvalue weighted by molar-refractivity contribution is 6.36. The molecule has 94 valence electrons. The minimum atomic E-state index is -0.248. The number of anilines is 2. The van der Waals surface area contributed by atoms with Gasteiger partial charge in [-0.2, -0.15) is 5.10 Å². The number of amides is 1. The Morgan fingerprint density at radius 2 is 2.17 bits per heavy atom. The number of nitrogens with zero attached hydrogens (tertiary/aromatic N) is 2. The van der Waals surface area contributed by atoms with Gasteiger partial charge in [-0.05, 0) is 24.3 Å². The van der Waals surface area contributed by atoms with Gasteiger partial charge in [0.05, 0.1) is 10.7 Å². The maximum absolute atomic E-state index is 11.7. The van der Waals surface area contributed by atoms with Gasteiger partial charge in [0.2, 0.25) is 5.91 Å². The van der Waals surface area contributed by atoms with Gasteiger partial charge in [-0.3, -0.25) is 9.48 Å². The fourth-order valence-electron chi connectivity index (χ4n) is 1.39. The van der Waals surface area contributed by atoms with E-state index in [9.17, 15) is 4.79 Å². The molecule has 5 nitrogen and oxygen atoms in total. The van der Waals surface area contributed by atoms with Crippen molar-refractivity contribution in [2.45, 2.75) is 6.54 Å². The number of carbonyl (C=O) groups is 1. The minimum absolute atomic E-state index is 0.0656. The summed E-state index contributed by atoms with van der Waals surface area (Å²) >= 11 is 11.7. The van der Waals surface area contributed by atoms with Crippen molar-refractivity contribution < 1.29 is 4.79 Å². The third-order valence-corrected chi connectivity index (χ3v) is 2.72. The first-order valence-corrected chi connectivity index (χ1v) is 5.84. The lowest BCUT2D eigenvalue weighted by atomic mass is 10.3. The van der Waals surface area contributed by atoms with E-state index in [-0.39, 0.29) is 12.5 Å². The van der Waals surface area contributed by atoms with E-state index in [2.05, 4.69) is 10.4 Å². The van der Waals surface area contributed by atoms with E-state index in [4.69, 9.17) is 28.9 Å². The largest absolute Gasteiger partial charge is 0.382 e. The Hall–Kier alpha value is -1.72. The fraction of sp³-hybridized carbons (Fsp3) is 0.0909. The number of benzene rings is 1. The molecule has 0 radical (unpaired) electrons. The van der Waals surface area contributed by atoms with Crippen molar-refractivity contribution in [3.8, 4) is 0 Å². The first-order chi connectivity index (χ1) is 8.54. The molecule has 0 saturated heterocycles. The van der Waals surface area contributed by atoms with Crippen LogP contribution in [0.2, 0.25) is 10.0 Å². The molecule has 1 aromatic heterocycles. The number of carbonyl (C=O) groups excluding carboxylic acids is 1. The van der Waals surface area contributed by atoms with Gasteiger partial charge >= 0.3 is 0 Å². The molecule has 7 heteroatoms. The molecule has 1 amide bonds. The summed E-state index contributed by atoms with van der Waals surface area (Å²) in [5.74, 6) is 0.120. The van der Waals surface area contributed by atoms with E-state index >= 15 is 0 Å². The molecule has 0 saturated carbocycles. The Morgan fingerprint density at radius 3 is 2.78 bits per heavy atom. The molecule has 0 atom stereocenters. The van der Waals surface area contributed by atoms with Gasteiger partial charge < -0.3 is 11.1 Å². The Balaban J connectivity index is 2.03. The van der Waals surface area contributed by atoms with E-state index in [1.54, 1.807) is 30.5 Å². The van der Waals surface area contributed by atoms with Crippen molar-refractivity contribution in [1.29, 1.82) is 0 Å². The molecule has 1 heterocycles. The van der Waals surface area contributed by atoms with Crippen LogP contribution in [0.15, 0.2) is 30.5 Å². The predicted octanol–water partition coefficient (Wildman–Crippen LogP) is 2.41. The summed E-state index contributed by atoms with van der Waals surface area (Å²) < 4.78 is 1.44. The molecule has 2 aromatic rings. The molecule has 0 aliphatic rings. The second-order valence-corrected chi connectivity index (χ2v) is 4.45. The van der Waals surface area contributed by atoms with E-state index in [1.165, 1.54) is 4.68 Å². The zero-order valence-corrected chi connectivity index (χ0v) is 10.7. The van der Waals surface area contributed by atoms with Crippen molar-refractivity contribution in [3.63, 3.8) is 0 Å². The predicted molar refractivity (Wildman–Crippen MR) is 71.7 cm³/mol. The van der Waals surface area contributed by atoms with Gasteiger partial charge in [0.15, 0.2) is 0 Å². The molecular formula is C11H10Cl2N4O. The van der Waals surface area contributed by atoms with Crippen LogP contribution < -0.4 is 11.1 Å². The molecular weight excluding hydrogens is 275 g/mol. The van der Waals surface area contributed by atoms with Crippen molar-refractivity contribution in [2.75, 3.05) is 11.1 Å². The van der Waals surface area contributed by atoms with Crippen LogP contribution in [0, 0.1) is 0 Å². The Kier molecular flexibility index (Phi) is 3.74. The minimum Gasteiger partial charge on any atom is -0.382 e. The van der Waals surface area contributed by atoms with Crippen LogP contribution in [0.3, 0.4) is 0 Å². The number of nitrogen functional groups attached to an aromatic ring is 1. The van der Waals surface area contributed by atoms with E-state index < -0.39 is 0 Å². The van der Waals surface area contributed by atoms with Gasteiger partial charge in [0, 0.05) is 11.2 Å². The Bertz CT molecular complexity index is 582. The van der Waals surface area contributed by atoms with Crippen molar-refractivity contribution in [2.24, 2.45) is 0 Å².